The van der Waals surface area contributed by atoms with Gasteiger partial charge in [-0.1, -0.05) is 26.7 Å². The first-order chi connectivity index (χ1) is 3.81. The maximum Gasteiger partial charge on any atom is 0 e. The normalized spacial score (nSPS) is 12.3. The van der Waals surface area contributed by atoms with Gasteiger partial charge in [0, 0.05) is 32.7 Å². The maximum atomic E-state index is 2.88. The second-order valence-electron chi connectivity index (χ2n) is 2.31. The molecule has 0 nitrogen and oxygen atoms in total. The monoisotopic (exact) mass is 221 g/mol. The van der Waals surface area contributed by atoms with Gasteiger partial charge in [0.1, 0.15) is 0 Å². The zero-order valence-corrected chi connectivity index (χ0v) is 10.6. The number of unbranched alkanes of at least 4 members (excludes halogenated alkanes) is 1. The van der Waals surface area contributed by atoms with Crippen LogP contribution < -0.4 is 0 Å². The average Bonchev–Trinajstić information content (AvgIpc) is 1.83. The molecule has 0 spiro atoms. The first-order valence-electron chi connectivity index (χ1n) is 3.56. The Morgan fingerprint density at radius 3 is 2.22 bits per heavy atom. The van der Waals surface area contributed by atoms with Gasteiger partial charge in [-0.05, 0) is 18.5 Å². The third-order valence-electron chi connectivity index (χ3n) is 1.45. The molecule has 2 heteroatoms. The summed E-state index contributed by atoms with van der Waals surface area (Å²) in [4.78, 5) is 0. The van der Waals surface area contributed by atoms with Crippen LogP contribution in [0.25, 0.3) is 0 Å². The Labute approximate surface area is 86.6 Å². The smallest absolute Gasteiger partial charge is 0 e. The van der Waals surface area contributed by atoms with E-state index >= 15 is 0 Å². The number of hydrogen-bond donors (Lipinski definition) is 0. The minimum atomic E-state index is 0. The van der Waals surface area contributed by atoms with Gasteiger partial charge in [-0.3, -0.25) is 0 Å². The van der Waals surface area contributed by atoms with Gasteiger partial charge < -0.3 is 0 Å². The van der Waals surface area contributed by atoms with Crippen molar-refractivity contribution >= 4 is 9.24 Å². The van der Waals surface area contributed by atoms with E-state index in [1.165, 1.54) is 25.7 Å². The minimum absolute atomic E-state index is 0. The van der Waals surface area contributed by atoms with Crippen LogP contribution in [0.2, 0.25) is 0 Å². The first kappa shape index (κ1) is 13.1. The van der Waals surface area contributed by atoms with E-state index in [1.54, 1.807) is 0 Å². The predicted molar refractivity (Wildman–Crippen MR) is 43.3 cm³/mol. The molecule has 0 saturated heterocycles. The van der Waals surface area contributed by atoms with Crippen molar-refractivity contribution in [1.82, 2.24) is 0 Å². The Bertz CT molecular complexity index is 48.2. The van der Waals surface area contributed by atoms with Gasteiger partial charge in [0.2, 0.25) is 0 Å². The summed E-state index contributed by atoms with van der Waals surface area (Å²) in [6.45, 7) is 4.49. The molecular formula is C7H17PY. The summed E-state index contributed by atoms with van der Waals surface area (Å²) in [5, 5.41) is 0. The predicted octanol–water partition coefficient (Wildman–Crippen LogP) is 2.83. The molecule has 0 amide bonds. The van der Waals surface area contributed by atoms with E-state index in [-0.39, 0.29) is 32.7 Å². The molecule has 2 unspecified atom stereocenters. The van der Waals surface area contributed by atoms with Crippen molar-refractivity contribution in [1.29, 1.82) is 0 Å². The van der Waals surface area contributed by atoms with Gasteiger partial charge in [0.15, 0.2) is 0 Å². The Hall–Kier alpha value is 1.53. The molecule has 0 saturated carbocycles. The fraction of sp³-hybridized carbons (Fsp3) is 1.00. The van der Waals surface area contributed by atoms with E-state index in [0.29, 0.717) is 0 Å². The summed E-state index contributed by atoms with van der Waals surface area (Å²) >= 11 is 0. The molecule has 0 heterocycles. The molecule has 0 bridgehead atoms. The van der Waals surface area contributed by atoms with Crippen LogP contribution in [0.4, 0.5) is 0 Å². The molecule has 0 aromatic rings. The average molecular weight is 221 g/mol. The summed E-state index contributed by atoms with van der Waals surface area (Å²) in [5.74, 6) is 0. The minimum Gasteiger partial charge on any atom is -0.134 e. The molecular weight excluding hydrogens is 204 g/mol. The van der Waals surface area contributed by atoms with E-state index in [9.17, 15) is 0 Å². The Morgan fingerprint density at radius 1 is 1.33 bits per heavy atom. The first-order valence-corrected chi connectivity index (χ1v) is 4.23. The van der Waals surface area contributed by atoms with Crippen molar-refractivity contribution in [2.75, 3.05) is 0 Å². The van der Waals surface area contributed by atoms with Crippen molar-refractivity contribution in [3.8, 4) is 0 Å². The van der Waals surface area contributed by atoms with Crippen LogP contribution in [0.1, 0.15) is 39.5 Å². The van der Waals surface area contributed by atoms with Gasteiger partial charge in [-0.2, -0.15) is 0 Å². The Kier molecular flexibility index (Phi) is 13.9. The van der Waals surface area contributed by atoms with Crippen LogP contribution in [0, 0.1) is 0 Å². The third-order valence-corrected chi connectivity index (χ3v) is 2.26. The zero-order valence-electron chi connectivity index (χ0n) is 6.56. The van der Waals surface area contributed by atoms with E-state index in [2.05, 4.69) is 23.1 Å². The molecule has 2 atom stereocenters. The van der Waals surface area contributed by atoms with Crippen LogP contribution in [0.5, 0.6) is 0 Å². The standard InChI is InChI=1S/C7H17P.Y/c1-3-5-6-7(8)4-2;/h7H,3-6,8H2,1-2H3;. The Balaban J connectivity index is 0. The van der Waals surface area contributed by atoms with Crippen molar-refractivity contribution in [3.05, 3.63) is 0 Å². The molecule has 53 valence electrons. The van der Waals surface area contributed by atoms with Crippen LogP contribution in [-0.4, -0.2) is 5.66 Å². The van der Waals surface area contributed by atoms with Crippen molar-refractivity contribution in [2.45, 2.75) is 45.2 Å². The molecule has 0 aliphatic carbocycles. The van der Waals surface area contributed by atoms with Crippen molar-refractivity contribution in [2.24, 2.45) is 0 Å². The number of rotatable bonds is 4. The molecule has 0 aliphatic rings. The molecule has 0 rings (SSSR count). The van der Waals surface area contributed by atoms with Crippen molar-refractivity contribution < 1.29 is 32.7 Å². The van der Waals surface area contributed by atoms with Gasteiger partial charge in [0.05, 0.1) is 0 Å². The second-order valence-corrected chi connectivity index (χ2v) is 3.25. The maximum absolute atomic E-state index is 2.88. The van der Waals surface area contributed by atoms with Crippen LogP contribution >= 0.6 is 9.24 Å². The van der Waals surface area contributed by atoms with Crippen molar-refractivity contribution in [3.63, 3.8) is 0 Å². The van der Waals surface area contributed by atoms with Gasteiger partial charge >= 0.3 is 0 Å². The SMILES string of the molecule is CCCCC(P)CC.[Y]. The topological polar surface area (TPSA) is 0 Å². The summed E-state index contributed by atoms with van der Waals surface area (Å²) in [6.07, 6.45) is 5.43. The van der Waals surface area contributed by atoms with E-state index in [4.69, 9.17) is 0 Å². The van der Waals surface area contributed by atoms with Crippen LogP contribution in [-0.2, 0) is 32.7 Å². The third kappa shape index (κ3) is 9.53. The zero-order chi connectivity index (χ0) is 6.41. The summed E-state index contributed by atoms with van der Waals surface area (Å²) in [6, 6.07) is 0. The van der Waals surface area contributed by atoms with E-state index < -0.39 is 0 Å². The largest absolute Gasteiger partial charge is 0.134 e. The fourth-order valence-corrected chi connectivity index (χ4v) is 0.906. The van der Waals surface area contributed by atoms with Crippen LogP contribution in [0.15, 0.2) is 0 Å². The molecule has 1 radical (unpaired) electrons. The fourth-order valence-electron chi connectivity index (χ4n) is 0.670. The van der Waals surface area contributed by atoms with Gasteiger partial charge in [-0.25, -0.2) is 0 Å². The molecule has 0 aromatic heterocycles. The summed E-state index contributed by atoms with van der Waals surface area (Å²) in [5.41, 5.74) is 0.870. The molecule has 0 aromatic carbocycles. The molecule has 0 fully saturated rings. The quantitative estimate of drug-likeness (QED) is 0.640. The van der Waals surface area contributed by atoms with E-state index in [0.717, 1.165) is 5.66 Å². The Morgan fingerprint density at radius 2 is 1.89 bits per heavy atom. The second kappa shape index (κ2) is 9.53. The number of hydrogen-bond acceptors (Lipinski definition) is 0. The van der Waals surface area contributed by atoms with Gasteiger partial charge in [-0.15, -0.1) is 9.24 Å². The molecule has 0 aliphatic heterocycles. The molecule has 9 heavy (non-hydrogen) atoms. The summed E-state index contributed by atoms with van der Waals surface area (Å²) in [7, 11) is 2.88. The van der Waals surface area contributed by atoms with Gasteiger partial charge in [0.25, 0.3) is 0 Å². The van der Waals surface area contributed by atoms with E-state index in [1.807, 2.05) is 0 Å². The summed E-state index contributed by atoms with van der Waals surface area (Å²) < 4.78 is 0. The van der Waals surface area contributed by atoms with Crippen LogP contribution in [0.3, 0.4) is 0 Å². The molecule has 0 N–H and O–H groups in total.